The Morgan fingerprint density at radius 3 is 1.50 bits per heavy atom. The van der Waals surface area contributed by atoms with Gasteiger partial charge in [0.05, 0.1) is 17.7 Å². The van der Waals surface area contributed by atoms with Gasteiger partial charge in [-0.05, 0) is 24.3 Å². The van der Waals surface area contributed by atoms with Crippen LogP contribution in [0.25, 0.3) is 0 Å². The number of carbonyl (C=O) groups excluding carboxylic acids is 2. The third kappa shape index (κ3) is 4.69. The number of phenols is 6. The molecule has 1 aliphatic heterocycles. The monoisotopic (exact) mass is 484 g/mol. The molecule has 0 amide bonds. The van der Waals surface area contributed by atoms with Gasteiger partial charge in [-0.3, -0.25) is 0 Å². The molecule has 14 heteroatoms. The number of phenolic OH excluding ortho intramolecular Hbond substituents is 6. The van der Waals surface area contributed by atoms with E-state index in [1.165, 1.54) is 0 Å². The van der Waals surface area contributed by atoms with Crippen LogP contribution in [-0.4, -0.2) is 95.2 Å². The number of esters is 2. The Balaban J connectivity index is 1.89. The number of aromatic hydroxyl groups is 6. The maximum Gasteiger partial charge on any atom is 0.339 e. The highest BCUT2D eigenvalue weighted by Gasteiger charge is 2.49. The Hall–Kier alpha value is -3.98. The molecule has 0 unspecified atom stereocenters. The summed E-state index contributed by atoms with van der Waals surface area (Å²) in [6.07, 6.45) is -9.15. The number of aliphatic hydroxyl groups is 3. The molecular weight excluding hydrogens is 464 g/mol. The minimum absolute atomic E-state index is 0.500. The summed E-state index contributed by atoms with van der Waals surface area (Å²) in [5, 5.41) is 87.2. The molecule has 9 N–H and O–H groups in total. The van der Waals surface area contributed by atoms with Gasteiger partial charge in [-0.2, -0.15) is 0 Å². The molecule has 0 aliphatic carbocycles. The van der Waals surface area contributed by atoms with Gasteiger partial charge in [0, 0.05) is 0 Å². The Morgan fingerprint density at radius 2 is 1.12 bits per heavy atom. The highest BCUT2D eigenvalue weighted by Crippen LogP contribution is 2.37. The predicted molar refractivity (Wildman–Crippen MR) is 105 cm³/mol. The van der Waals surface area contributed by atoms with Gasteiger partial charge in [0.2, 0.25) is 0 Å². The lowest BCUT2D eigenvalue weighted by molar-refractivity contribution is -0.285. The van der Waals surface area contributed by atoms with Crippen LogP contribution in [0.2, 0.25) is 0 Å². The van der Waals surface area contributed by atoms with Crippen LogP contribution in [0.4, 0.5) is 0 Å². The minimum Gasteiger partial charge on any atom is -0.504 e. The molecular formula is C20H20O14. The van der Waals surface area contributed by atoms with Crippen molar-refractivity contribution in [3.63, 3.8) is 0 Å². The number of benzene rings is 2. The standard InChI is InChI=1S/C20H20O14/c21-5-12-15(28)16(33-18(29)6-1-8(22)13(26)9(23)2-6)17(20(31)32-12)34-19(30)7-3-10(24)14(27)11(25)4-7/h1-4,12,15-17,20-28,31H,5H2/t12-,15-,16+,17-,20-/m1/s1. The highest BCUT2D eigenvalue weighted by atomic mass is 16.7. The predicted octanol–water partition coefficient (Wildman–Crippen LogP) is -1.26. The van der Waals surface area contributed by atoms with E-state index in [2.05, 4.69) is 0 Å². The van der Waals surface area contributed by atoms with Crippen LogP contribution in [0, 0.1) is 0 Å². The summed E-state index contributed by atoms with van der Waals surface area (Å²) in [6, 6.07) is 2.91. The van der Waals surface area contributed by atoms with Gasteiger partial charge in [-0.1, -0.05) is 0 Å². The lowest BCUT2D eigenvalue weighted by atomic mass is 9.98. The van der Waals surface area contributed by atoms with E-state index in [1.54, 1.807) is 0 Å². The molecule has 0 saturated carbocycles. The van der Waals surface area contributed by atoms with E-state index in [1.807, 2.05) is 0 Å². The summed E-state index contributed by atoms with van der Waals surface area (Å²) in [4.78, 5) is 25.0. The zero-order chi connectivity index (χ0) is 25.3. The molecule has 2 aromatic carbocycles. The van der Waals surface area contributed by atoms with Gasteiger partial charge in [-0.25, -0.2) is 9.59 Å². The summed E-state index contributed by atoms with van der Waals surface area (Å²) in [5.41, 5.74) is -1.00. The normalized spacial score (nSPS) is 24.4. The van der Waals surface area contributed by atoms with Crippen molar-refractivity contribution in [2.45, 2.75) is 30.7 Å². The smallest absolute Gasteiger partial charge is 0.339 e. The zero-order valence-electron chi connectivity index (χ0n) is 17.0. The Bertz CT molecular complexity index is 1050. The minimum atomic E-state index is -2.04. The average Bonchev–Trinajstić information content (AvgIpc) is 2.79. The van der Waals surface area contributed by atoms with E-state index in [0.717, 1.165) is 24.3 Å². The molecule has 3 rings (SSSR count). The molecule has 1 heterocycles. The molecule has 1 saturated heterocycles. The van der Waals surface area contributed by atoms with Crippen LogP contribution in [0.15, 0.2) is 24.3 Å². The van der Waals surface area contributed by atoms with Gasteiger partial charge in [-0.15, -0.1) is 0 Å². The van der Waals surface area contributed by atoms with Crippen LogP contribution in [0.1, 0.15) is 20.7 Å². The van der Waals surface area contributed by atoms with Crippen molar-refractivity contribution < 1.29 is 69.8 Å². The Kier molecular flexibility index (Phi) is 6.88. The lowest BCUT2D eigenvalue weighted by Gasteiger charge is -2.41. The maximum absolute atomic E-state index is 12.5. The van der Waals surface area contributed by atoms with Crippen LogP contribution >= 0.6 is 0 Å². The second-order valence-corrected chi connectivity index (χ2v) is 7.20. The largest absolute Gasteiger partial charge is 0.504 e. The van der Waals surface area contributed by atoms with Crippen molar-refractivity contribution >= 4 is 11.9 Å². The van der Waals surface area contributed by atoms with E-state index in [4.69, 9.17) is 14.2 Å². The quantitative estimate of drug-likeness (QED) is 0.178. The van der Waals surface area contributed by atoms with E-state index in [0.29, 0.717) is 0 Å². The summed E-state index contributed by atoms with van der Waals surface area (Å²) in [6.45, 7) is -0.840. The fraction of sp³-hybridized carbons (Fsp3) is 0.300. The Labute approximate surface area is 189 Å². The average molecular weight is 484 g/mol. The van der Waals surface area contributed by atoms with Crippen molar-refractivity contribution in [2.24, 2.45) is 0 Å². The molecule has 0 bridgehead atoms. The summed E-state index contributed by atoms with van der Waals surface area (Å²) in [7, 11) is 0. The molecule has 0 aromatic heterocycles. The molecule has 0 spiro atoms. The van der Waals surface area contributed by atoms with Gasteiger partial charge >= 0.3 is 11.9 Å². The number of hydrogen-bond donors (Lipinski definition) is 9. The number of carbonyl (C=O) groups is 2. The van der Waals surface area contributed by atoms with E-state index in [-0.39, 0.29) is 0 Å². The third-order valence-corrected chi connectivity index (χ3v) is 4.91. The fourth-order valence-corrected chi connectivity index (χ4v) is 3.15. The van der Waals surface area contributed by atoms with Crippen LogP contribution in [0.3, 0.4) is 0 Å². The second-order valence-electron chi connectivity index (χ2n) is 7.20. The van der Waals surface area contributed by atoms with Crippen LogP contribution < -0.4 is 0 Å². The second kappa shape index (κ2) is 9.48. The Morgan fingerprint density at radius 1 is 0.735 bits per heavy atom. The SMILES string of the molecule is O=C(O[C@@H]1[C@@H](OC(=O)c2cc(O)c(O)c(O)c2)[C@H](O)[C@@H](CO)O[C@H]1O)c1cc(O)c(O)c(O)c1. The van der Waals surface area contributed by atoms with Gasteiger partial charge in [0.25, 0.3) is 0 Å². The molecule has 14 nitrogen and oxygen atoms in total. The van der Waals surface area contributed by atoms with Crippen molar-refractivity contribution in [2.75, 3.05) is 6.61 Å². The van der Waals surface area contributed by atoms with Crippen molar-refractivity contribution in [3.8, 4) is 34.5 Å². The lowest BCUT2D eigenvalue weighted by Crippen LogP contribution is -2.61. The third-order valence-electron chi connectivity index (χ3n) is 4.91. The van der Waals surface area contributed by atoms with Crippen molar-refractivity contribution in [3.05, 3.63) is 35.4 Å². The first-order valence-corrected chi connectivity index (χ1v) is 9.48. The van der Waals surface area contributed by atoms with Gasteiger partial charge in [0.15, 0.2) is 53.0 Å². The molecule has 1 fully saturated rings. The van der Waals surface area contributed by atoms with Gasteiger partial charge in [0.1, 0.15) is 12.2 Å². The molecule has 1 aliphatic rings. The molecule has 0 radical (unpaired) electrons. The first-order chi connectivity index (χ1) is 15.9. The molecule has 34 heavy (non-hydrogen) atoms. The first-order valence-electron chi connectivity index (χ1n) is 9.48. The highest BCUT2D eigenvalue weighted by molar-refractivity contribution is 5.92. The molecule has 184 valence electrons. The summed E-state index contributed by atoms with van der Waals surface area (Å²) in [5.74, 6) is -7.93. The summed E-state index contributed by atoms with van der Waals surface area (Å²) < 4.78 is 15.1. The zero-order valence-corrected chi connectivity index (χ0v) is 17.0. The topological polar surface area (TPSA) is 244 Å². The van der Waals surface area contributed by atoms with Crippen molar-refractivity contribution in [1.29, 1.82) is 0 Å². The molecule has 5 atom stereocenters. The van der Waals surface area contributed by atoms with Crippen LogP contribution in [0.5, 0.6) is 34.5 Å². The number of aliphatic hydroxyl groups excluding tert-OH is 3. The van der Waals surface area contributed by atoms with Crippen molar-refractivity contribution in [1.82, 2.24) is 0 Å². The molecule has 2 aromatic rings. The van der Waals surface area contributed by atoms with E-state index >= 15 is 0 Å². The number of ether oxygens (including phenoxy) is 3. The van der Waals surface area contributed by atoms with Crippen LogP contribution in [-0.2, 0) is 14.2 Å². The van der Waals surface area contributed by atoms with E-state index in [9.17, 15) is 55.5 Å². The van der Waals surface area contributed by atoms with E-state index < -0.39 is 94.9 Å². The number of hydrogen-bond acceptors (Lipinski definition) is 14. The van der Waals surface area contributed by atoms with Gasteiger partial charge < -0.3 is 60.2 Å². The first kappa shape index (κ1) is 24.7. The summed E-state index contributed by atoms with van der Waals surface area (Å²) >= 11 is 0. The number of rotatable bonds is 5. The fourth-order valence-electron chi connectivity index (χ4n) is 3.15. The maximum atomic E-state index is 12.5.